The fourth-order valence-electron chi connectivity index (χ4n) is 1.73. The highest BCUT2D eigenvalue weighted by atomic mass is 14.9. The van der Waals surface area contributed by atoms with Gasteiger partial charge >= 0.3 is 0 Å². The standard InChI is InChI=1S/C13H18N2/c1-3-10(2)15-9-11-5-4-6-13-12(11)7-8-14-13/h4-8,10,14-15H,3,9H2,1-2H3/t10-/m0/s1. The quantitative estimate of drug-likeness (QED) is 0.783. The van der Waals surface area contributed by atoms with Crippen LogP contribution in [0.3, 0.4) is 0 Å². The molecule has 2 N–H and O–H groups in total. The number of aromatic nitrogens is 1. The van der Waals surface area contributed by atoms with E-state index >= 15 is 0 Å². The normalized spacial score (nSPS) is 13.2. The maximum atomic E-state index is 3.52. The van der Waals surface area contributed by atoms with Gasteiger partial charge in [-0.2, -0.15) is 0 Å². The predicted octanol–water partition coefficient (Wildman–Crippen LogP) is 3.06. The van der Waals surface area contributed by atoms with Crippen LogP contribution < -0.4 is 5.32 Å². The monoisotopic (exact) mass is 202 g/mol. The van der Waals surface area contributed by atoms with E-state index in [2.05, 4.69) is 48.4 Å². The number of H-pyrrole nitrogens is 1. The van der Waals surface area contributed by atoms with Crippen LogP contribution in [0.25, 0.3) is 10.9 Å². The summed E-state index contributed by atoms with van der Waals surface area (Å²) in [4.78, 5) is 3.23. The third kappa shape index (κ3) is 2.21. The molecule has 2 heteroatoms. The minimum absolute atomic E-state index is 0.583. The average molecular weight is 202 g/mol. The van der Waals surface area contributed by atoms with Crippen molar-refractivity contribution in [1.82, 2.24) is 10.3 Å². The topological polar surface area (TPSA) is 27.8 Å². The van der Waals surface area contributed by atoms with Crippen LogP contribution in [-0.2, 0) is 6.54 Å². The maximum absolute atomic E-state index is 3.52. The molecule has 2 nitrogen and oxygen atoms in total. The Morgan fingerprint density at radius 3 is 3.00 bits per heavy atom. The van der Waals surface area contributed by atoms with Gasteiger partial charge in [0.1, 0.15) is 0 Å². The average Bonchev–Trinajstić information content (AvgIpc) is 2.74. The summed E-state index contributed by atoms with van der Waals surface area (Å²) < 4.78 is 0. The Morgan fingerprint density at radius 1 is 1.33 bits per heavy atom. The van der Waals surface area contributed by atoms with Crippen LogP contribution >= 0.6 is 0 Å². The van der Waals surface area contributed by atoms with Gasteiger partial charge in [0.15, 0.2) is 0 Å². The van der Waals surface area contributed by atoms with Crippen molar-refractivity contribution in [2.24, 2.45) is 0 Å². The van der Waals surface area contributed by atoms with E-state index < -0.39 is 0 Å². The van der Waals surface area contributed by atoms with Crippen LogP contribution in [0.5, 0.6) is 0 Å². The zero-order valence-corrected chi connectivity index (χ0v) is 9.38. The molecule has 0 radical (unpaired) electrons. The molecule has 2 rings (SSSR count). The molecule has 0 unspecified atom stereocenters. The van der Waals surface area contributed by atoms with Gasteiger partial charge < -0.3 is 10.3 Å². The van der Waals surface area contributed by atoms with Crippen molar-refractivity contribution in [3.8, 4) is 0 Å². The Morgan fingerprint density at radius 2 is 2.20 bits per heavy atom. The van der Waals surface area contributed by atoms with Crippen LogP contribution in [0.2, 0.25) is 0 Å². The zero-order valence-electron chi connectivity index (χ0n) is 9.38. The zero-order chi connectivity index (χ0) is 10.7. The molecule has 0 amide bonds. The van der Waals surface area contributed by atoms with Crippen LogP contribution in [0.1, 0.15) is 25.8 Å². The molecule has 0 spiro atoms. The summed E-state index contributed by atoms with van der Waals surface area (Å²) in [5.41, 5.74) is 2.59. The van der Waals surface area contributed by atoms with Crippen molar-refractivity contribution in [3.05, 3.63) is 36.0 Å². The van der Waals surface area contributed by atoms with Gasteiger partial charge in [-0.25, -0.2) is 0 Å². The third-order valence-corrected chi connectivity index (χ3v) is 2.94. The van der Waals surface area contributed by atoms with Gasteiger partial charge in [0.05, 0.1) is 0 Å². The molecular formula is C13H18N2. The molecule has 1 aromatic heterocycles. The second-order valence-corrected chi connectivity index (χ2v) is 4.05. The van der Waals surface area contributed by atoms with E-state index in [1.54, 1.807) is 0 Å². The molecule has 0 aliphatic carbocycles. The van der Waals surface area contributed by atoms with E-state index in [4.69, 9.17) is 0 Å². The van der Waals surface area contributed by atoms with E-state index in [1.165, 1.54) is 22.9 Å². The van der Waals surface area contributed by atoms with Gasteiger partial charge in [-0.05, 0) is 31.0 Å². The van der Waals surface area contributed by atoms with Crippen LogP contribution in [0, 0.1) is 0 Å². The molecule has 0 saturated heterocycles. The van der Waals surface area contributed by atoms with Crippen molar-refractivity contribution in [2.45, 2.75) is 32.9 Å². The summed E-state index contributed by atoms with van der Waals surface area (Å²) in [5.74, 6) is 0. The summed E-state index contributed by atoms with van der Waals surface area (Å²) in [6, 6.07) is 9.13. The Bertz CT molecular complexity index is 431. The number of rotatable bonds is 4. The van der Waals surface area contributed by atoms with Crippen molar-refractivity contribution in [1.29, 1.82) is 0 Å². The Kier molecular flexibility index (Phi) is 3.07. The molecule has 1 atom stereocenters. The van der Waals surface area contributed by atoms with E-state index in [-0.39, 0.29) is 0 Å². The molecule has 2 aromatic rings. The highest BCUT2D eigenvalue weighted by Crippen LogP contribution is 2.17. The first-order chi connectivity index (χ1) is 7.31. The van der Waals surface area contributed by atoms with Crippen molar-refractivity contribution >= 4 is 10.9 Å². The molecule has 0 aliphatic heterocycles. The Hall–Kier alpha value is -1.28. The largest absolute Gasteiger partial charge is 0.361 e. The molecule has 0 bridgehead atoms. The van der Waals surface area contributed by atoms with E-state index in [0.717, 1.165) is 6.54 Å². The van der Waals surface area contributed by atoms with Gasteiger partial charge in [0.2, 0.25) is 0 Å². The molecule has 1 aromatic carbocycles. The van der Waals surface area contributed by atoms with E-state index in [1.807, 2.05) is 6.20 Å². The van der Waals surface area contributed by atoms with Crippen LogP contribution in [0.15, 0.2) is 30.5 Å². The molecule has 0 saturated carbocycles. The van der Waals surface area contributed by atoms with Gasteiger partial charge in [-0.15, -0.1) is 0 Å². The first-order valence-corrected chi connectivity index (χ1v) is 5.59. The summed E-state index contributed by atoms with van der Waals surface area (Å²) in [6.45, 7) is 5.37. The number of hydrogen-bond donors (Lipinski definition) is 2. The van der Waals surface area contributed by atoms with E-state index in [0.29, 0.717) is 6.04 Å². The van der Waals surface area contributed by atoms with Crippen LogP contribution in [-0.4, -0.2) is 11.0 Å². The lowest BCUT2D eigenvalue weighted by Crippen LogP contribution is -2.24. The second-order valence-electron chi connectivity index (χ2n) is 4.05. The van der Waals surface area contributed by atoms with Crippen molar-refractivity contribution < 1.29 is 0 Å². The number of hydrogen-bond acceptors (Lipinski definition) is 1. The lowest BCUT2D eigenvalue weighted by molar-refractivity contribution is 0.535. The predicted molar refractivity (Wildman–Crippen MR) is 64.9 cm³/mol. The molecule has 80 valence electrons. The molecule has 0 aliphatic rings. The van der Waals surface area contributed by atoms with Crippen molar-refractivity contribution in [3.63, 3.8) is 0 Å². The lowest BCUT2D eigenvalue weighted by Gasteiger charge is -2.11. The summed E-state index contributed by atoms with van der Waals surface area (Å²) in [7, 11) is 0. The van der Waals surface area contributed by atoms with Gasteiger partial charge in [-0.3, -0.25) is 0 Å². The SMILES string of the molecule is CC[C@H](C)NCc1cccc2[nH]ccc12. The van der Waals surface area contributed by atoms with Gasteiger partial charge in [-0.1, -0.05) is 19.1 Å². The first-order valence-electron chi connectivity index (χ1n) is 5.59. The third-order valence-electron chi connectivity index (χ3n) is 2.94. The highest BCUT2D eigenvalue weighted by Gasteiger charge is 2.02. The molecule has 1 heterocycles. The fourth-order valence-corrected chi connectivity index (χ4v) is 1.73. The molecule has 15 heavy (non-hydrogen) atoms. The number of benzene rings is 1. The highest BCUT2D eigenvalue weighted by molar-refractivity contribution is 5.82. The smallest absolute Gasteiger partial charge is 0.0457 e. The summed E-state index contributed by atoms with van der Waals surface area (Å²) in [5, 5.41) is 4.84. The molecular weight excluding hydrogens is 184 g/mol. The Balaban J connectivity index is 2.17. The summed E-state index contributed by atoms with van der Waals surface area (Å²) in [6.07, 6.45) is 3.17. The van der Waals surface area contributed by atoms with Gasteiger partial charge in [0, 0.05) is 29.7 Å². The minimum Gasteiger partial charge on any atom is -0.361 e. The molecule has 0 fully saturated rings. The minimum atomic E-state index is 0.583. The summed E-state index contributed by atoms with van der Waals surface area (Å²) >= 11 is 0. The van der Waals surface area contributed by atoms with Gasteiger partial charge in [0.25, 0.3) is 0 Å². The lowest BCUT2D eigenvalue weighted by atomic mass is 10.1. The van der Waals surface area contributed by atoms with E-state index in [9.17, 15) is 0 Å². The number of aromatic amines is 1. The second kappa shape index (κ2) is 4.49. The Labute approximate surface area is 90.7 Å². The fraction of sp³-hybridized carbons (Fsp3) is 0.385. The number of fused-ring (bicyclic) bond motifs is 1. The number of nitrogens with one attached hydrogen (secondary N) is 2. The maximum Gasteiger partial charge on any atom is 0.0457 e. The first kappa shape index (κ1) is 10.2. The van der Waals surface area contributed by atoms with Crippen molar-refractivity contribution in [2.75, 3.05) is 0 Å². The van der Waals surface area contributed by atoms with Crippen LogP contribution in [0.4, 0.5) is 0 Å².